The summed E-state index contributed by atoms with van der Waals surface area (Å²) in [6.45, 7) is 11.9. The van der Waals surface area contributed by atoms with Crippen molar-refractivity contribution >= 4 is 0 Å². The molecule has 0 bridgehead atoms. The molecule has 0 heteroatoms. The van der Waals surface area contributed by atoms with E-state index in [4.69, 9.17) is 0 Å². The van der Waals surface area contributed by atoms with E-state index in [9.17, 15) is 0 Å². The van der Waals surface area contributed by atoms with Gasteiger partial charge in [0.05, 0.1) is 0 Å². The van der Waals surface area contributed by atoms with Gasteiger partial charge >= 0.3 is 0 Å². The Morgan fingerprint density at radius 1 is 1.23 bits per heavy atom. The zero-order chi connectivity index (χ0) is 10.5. The molecule has 0 spiro atoms. The van der Waals surface area contributed by atoms with Gasteiger partial charge in [0.25, 0.3) is 0 Å². The van der Waals surface area contributed by atoms with Gasteiger partial charge < -0.3 is 0 Å². The first kappa shape index (κ1) is 14.5. The summed E-state index contributed by atoms with van der Waals surface area (Å²) in [6, 6.07) is 0. The van der Waals surface area contributed by atoms with E-state index in [1.54, 1.807) is 6.08 Å². The Bertz CT molecular complexity index is 180. The zero-order valence-electron chi connectivity index (χ0n) is 9.38. The second-order valence-corrected chi connectivity index (χ2v) is 2.74. The highest BCUT2D eigenvalue weighted by molar-refractivity contribution is 5.23. The van der Waals surface area contributed by atoms with Crippen LogP contribution in [-0.2, 0) is 0 Å². The summed E-state index contributed by atoms with van der Waals surface area (Å²) in [7, 11) is 0. The smallest absolute Gasteiger partial charge is 0.0398 e. The van der Waals surface area contributed by atoms with Crippen LogP contribution in [0, 0.1) is 0 Å². The van der Waals surface area contributed by atoms with Crippen molar-refractivity contribution in [1.29, 1.82) is 0 Å². The molecule has 0 heterocycles. The molecule has 0 fully saturated rings. The molecule has 0 saturated heterocycles. The van der Waals surface area contributed by atoms with E-state index in [0.29, 0.717) is 0 Å². The number of rotatable bonds is 3. The van der Waals surface area contributed by atoms with Crippen LogP contribution in [0.1, 0.15) is 34.1 Å². The van der Waals surface area contributed by atoms with Gasteiger partial charge in [-0.25, -0.2) is 0 Å². The molecule has 0 saturated carbocycles. The lowest BCUT2D eigenvalue weighted by Gasteiger charge is -1.84. The number of hydrogen-bond donors (Lipinski definition) is 0. The average molecular weight is 178 g/mol. The van der Waals surface area contributed by atoms with Gasteiger partial charge in [-0.2, -0.15) is 0 Å². The van der Waals surface area contributed by atoms with Crippen molar-refractivity contribution in [2.75, 3.05) is 0 Å². The van der Waals surface area contributed by atoms with E-state index in [1.807, 2.05) is 31.2 Å². The Hall–Kier alpha value is -1.04. The zero-order valence-corrected chi connectivity index (χ0v) is 9.38. The fraction of sp³-hybridized carbons (Fsp3) is 0.385. The summed E-state index contributed by atoms with van der Waals surface area (Å²) < 4.78 is 0. The van der Waals surface area contributed by atoms with E-state index in [-0.39, 0.29) is 0 Å². The van der Waals surface area contributed by atoms with Gasteiger partial charge in [0, 0.05) is 0 Å². The van der Waals surface area contributed by atoms with Crippen LogP contribution in [0.4, 0.5) is 0 Å². The van der Waals surface area contributed by atoms with Crippen LogP contribution < -0.4 is 0 Å². The summed E-state index contributed by atoms with van der Waals surface area (Å²) in [5.41, 5.74) is 1.23. The first-order chi connectivity index (χ1) is 6.22. The Morgan fingerprint density at radius 2 is 1.77 bits per heavy atom. The van der Waals surface area contributed by atoms with Crippen LogP contribution in [0.3, 0.4) is 0 Å². The highest BCUT2D eigenvalue weighted by atomic mass is 13.8. The number of hydrogen-bond acceptors (Lipinski definition) is 0. The van der Waals surface area contributed by atoms with Crippen molar-refractivity contribution in [3.63, 3.8) is 0 Å². The van der Waals surface area contributed by atoms with Crippen LogP contribution in [-0.4, -0.2) is 0 Å². The Balaban J connectivity index is 0. The van der Waals surface area contributed by atoms with Crippen LogP contribution in [0.25, 0.3) is 0 Å². The van der Waals surface area contributed by atoms with Gasteiger partial charge in [0.2, 0.25) is 0 Å². The predicted octanol–water partition coefficient (Wildman–Crippen LogP) is 4.67. The van der Waals surface area contributed by atoms with Crippen LogP contribution >= 0.6 is 0 Å². The lowest BCUT2D eigenvalue weighted by Crippen LogP contribution is -1.63. The lowest BCUT2D eigenvalue weighted by molar-refractivity contribution is 1.09. The van der Waals surface area contributed by atoms with Crippen LogP contribution in [0.15, 0.2) is 48.6 Å². The maximum absolute atomic E-state index is 3.58. The lowest BCUT2D eigenvalue weighted by atomic mass is 10.2. The fourth-order valence-electron chi connectivity index (χ4n) is 0.523. The highest BCUT2D eigenvalue weighted by Crippen LogP contribution is 1.94. The molecule has 0 aliphatic rings. The first-order valence-electron chi connectivity index (χ1n) is 4.81. The molecule has 0 atom stereocenters. The van der Waals surface area contributed by atoms with Crippen molar-refractivity contribution in [1.82, 2.24) is 0 Å². The average Bonchev–Trinajstić information content (AvgIpc) is 2.12. The van der Waals surface area contributed by atoms with Crippen LogP contribution in [0.2, 0.25) is 0 Å². The van der Waals surface area contributed by atoms with Gasteiger partial charge in [-0.15, -0.1) is 0 Å². The molecular formula is C13H22. The molecule has 0 rings (SSSR count). The minimum absolute atomic E-state index is 1.23. The maximum Gasteiger partial charge on any atom is -0.0398 e. The predicted molar refractivity (Wildman–Crippen MR) is 63.9 cm³/mol. The van der Waals surface area contributed by atoms with E-state index in [0.717, 1.165) is 0 Å². The van der Waals surface area contributed by atoms with Crippen molar-refractivity contribution < 1.29 is 0 Å². The van der Waals surface area contributed by atoms with Crippen molar-refractivity contribution in [2.24, 2.45) is 0 Å². The van der Waals surface area contributed by atoms with E-state index in [2.05, 4.69) is 33.4 Å². The van der Waals surface area contributed by atoms with E-state index < -0.39 is 0 Å². The molecule has 0 nitrogen and oxygen atoms in total. The Kier molecular flexibility index (Phi) is 15.1. The molecule has 0 N–H and O–H groups in total. The topological polar surface area (TPSA) is 0 Å². The Morgan fingerprint density at radius 3 is 2.15 bits per heavy atom. The second-order valence-electron chi connectivity index (χ2n) is 2.74. The van der Waals surface area contributed by atoms with Gasteiger partial charge in [-0.05, 0) is 13.8 Å². The standard InChI is InChI=1S/C10H14.C3H8/c1-4-6-8-10(3)9-7-5-2;1-3-2/h4-9H,1H2,2-3H3;3H2,1-2H3/b7-5-,8-6-,10-9-;. The molecular weight excluding hydrogens is 156 g/mol. The summed E-state index contributed by atoms with van der Waals surface area (Å²) in [6.07, 6.45) is 13.0. The summed E-state index contributed by atoms with van der Waals surface area (Å²) in [5, 5.41) is 0. The third-order valence-electron chi connectivity index (χ3n) is 1.05. The molecule has 0 unspecified atom stereocenters. The second kappa shape index (κ2) is 13.5. The summed E-state index contributed by atoms with van der Waals surface area (Å²) in [5.74, 6) is 0. The van der Waals surface area contributed by atoms with Crippen molar-refractivity contribution in [3.8, 4) is 0 Å². The molecule has 0 radical (unpaired) electrons. The quantitative estimate of drug-likeness (QED) is 0.551. The fourth-order valence-corrected chi connectivity index (χ4v) is 0.523. The summed E-state index contributed by atoms with van der Waals surface area (Å²) >= 11 is 0. The minimum Gasteiger partial charge on any atom is -0.0991 e. The molecule has 0 aliphatic heterocycles. The molecule has 0 aromatic rings. The van der Waals surface area contributed by atoms with Crippen LogP contribution in [0.5, 0.6) is 0 Å². The van der Waals surface area contributed by atoms with E-state index in [1.165, 1.54) is 12.0 Å². The van der Waals surface area contributed by atoms with Crippen molar-refractivity contribution in [2.45, 2.75) is 34.1 Å². The monoisotopic (exact) mass is 178 g/mol. The number of allylic oxidation sites excluding steroid dienone is 7. The molecule has 13 heavy (non-hydrogen) atoms. The van der Waals surface area contributed by atoms with Gasteiger partial charge in [-0.3, -0.25) is 0 Å². The first-order valence-corrected chi connectivity index (χ1v) is 4.81. The largest absolute Gasteiger partial charge is 0.0991 e. The Labute approximate surface area is 83.4 Å². The molecule has 74 valence electrons. The van der Waals surface area contributed by atoms with E-state index >= 15 is 0 Å². The summed E-state index contributed by atoms with van der Waals surface area (Å²) in [4.78, 5) is 0. The van der Waals surface area contributed by atoms with Crippen molar-refractivity contribution in [3.05, 3.63) is 48.6 Å². The molecule has 0 aliphatic carbocycles. The molecule has 0 amide bonds. The van der Waals surface area contributed by atoms with Gasteiger partial charge in [0.1, 0.15) is 0 Å². The normalized spacial score (nSPS) is 11.5. The maximum atomic E-state index is 3.58. The third kappa shape index (κ3) is 18.2. The minimum atomic E-state index is 1.23. The highest BCUT2D eigenvalue weighted by Gasteiger charge is 1.73. The van der Waals surface area contributed by atoms with Gasteiger partial charge in [0.15, 0.2) is 0 Å². The third-order valence-corrected chi connectivity index (χ3v) is 1.05. The van der Waals surface area contributed by atoms with Gasteiger partial charge in [-0.1, -0.05) is 68.9 Å². The molecule has 0 aromatic carbocycles. The molecule has 0 aromatic heterocycles. The SMILES string of the molecule is C=C\C=C/C(C)=C\C=C/C.CCC.